The lowest BCUT2D eigenvalue weighted by atomic mass is 10.3. The van der Waals surface area contributed by atoms with Gasteiger partial charge in [0.15, 0.2) is 0 Å². The van der Waals surface area contributed by atoms with E-state index in [-0.39, 0.29) is 6.10 Å². The van der Waals surface area contributed by atoms with Crippen LogP contribution in [-0.2, 0) is 14.8 Å². The summed E-state index contributed by atoms with van der Waals surface area (Å²) in [6, 6.07) is 1.75. The zero-order chi connectivity index (χ0) is 11.8. The van der Waals surface area contributed by atoms with E-state index in [1.807, 2.05) is 6.92 Å². The summed E-state index contributed by atoms with van der Waals surface area (Å²) in [4.78, 5) is 0. The summed E-state index contributed by atoms with van der Waals surface area (Å²) in [5.41, 5.74) is 0. The predicted molar refractivity (Wildman–Crippen MR) is 66.2 cm³/mol. The average Bonchev–Trinajstić information content (AvgIpc) is 2.65. The van der Waals surface area contributed by atoms with Crippen molar-refractivity contribution in [3.05, 3.63) is 15.9 Å². The van der Waals surface area contributed by atoms with Crippen molar-refractivity contribution in [3.63, 3.8) is 0 Å². The molecule has 1 aromatic heterocycles. The van der Waals surface area contributed by atoms with E-state index in [4.69, 9.17) is 4.74 Å². The third kappa shape index (κ3) is 2.33. The first-order valence-corrected chi connectivity index (χ1v) is 7.98. The molecule has 16 heavy (non-hydrogen) atoms. The molecule has 1 aliphatic rings. The standard InChI is InChI=1S/C9H12BrNO3S2/c1-7-6-11(3-4-14-7)16(12,13)9-8(10)2-5-15-9/h2,5,7H,3-4,6H2,1H3. The molecule has 0 saturated carbocycles. The lowest BCUT2D eigenvalue weighted by molar-refractivity contribution is 0.0102. The van der Waals surface area contributed by atoms with Crippen molar-refractivity contribution < 1.29 is 13.2 Å². The fraction of sp³-hybridized carbons (Fsp3) is 0.556. The molecule has 0 aliphatic carbocycles. The van der Waals surface area contributed by atoms with Gasteiger partial charge in [0.2, 0.25) is 0 Å². The van der Waals surface area contributed by atoms with E-state index in [0.717, 1.165) is 0 Å². The number of nitrogens with zero attached hydrogens (tertiary/aromatic N) is 1. The Labute approximate surface area is 107 Å². The van der Waals surface area contributed by atoms with E-state index in [1.165, 1.54) is 15.6 Å². The topological polar surface area (TPSA) is 46.6 Å². The minimum atomic E-state index is -3.36. The van der Waals surface area contributed by atoms with Gasteiger partial charge < -0.3 is 4.74 Å². The molecule has 0 radical (unpaired) electrons. The highest BCUT2D eigenvalue weighted by Gasteiger charge is 2.31. The number of halogens is 1. The molecule has 1 saturated heterocycles. The first-order valence-electron chi connectivity index (χ1n) is 4.86. The SMILES string of the molecule is CC1CN(S(=O)(=O)c2sccc2Br)CCO1. The average molecular weight is 326 g/mol. The van der Waals surface area contributed by atoms with Gasteiger partial charge in [-0.15, -0.1) is 11.3 Å². The van der Waals surface area contributed by atoms with E-state index in [2.05, 4.69) is 15.9 Å². The van der Waals surface area contributed by atoms with Gasteiger partial charge in [0.25, 0.3) is 10.0 Å². The largest absolute Gasteiger partial charge is 0.376 e. The molecular formula is C9H12BrNO3S2. The van der Waals surface area contributed by atoms with Gasteiger partial charge in [-0.2, -0.15) is 4.31 Å². The number of sulfonamides is 1. The predicted octanol–water partition coefficient (Wildman–Crippen LogP) is 1.92. The summed E-state index contributed by atoms with van der Waals surface area (Å²) in [5.74, 6) is 0. The minimum Gasteiger partial charge on any atom is -0.376 e. The number of hydrogen-bond donors (Lipinski definition) is 0. The third-order valence-electron chi connectivity index (χ3n) is 2.36. The second-order valence-corrected chi connectivity index (χ2v) is 7.50. The highest BCUT2D eigenvalue weighted by molar-refractivity contribution is 9.10. The minimum absolute atomic E-state index is 0.0396. The molecule has 0 aromatic carbocycles. The zero-order valence-corrected chi connectivity index (χ0v) is 11.9. The van der Waals surface area contributed by atoms with Gasteiger partial charge in [-0.25, -0.2) is 8.42 Å². The van der Waals surface area contributed by atoms with Gasteiger partial charge in [0, 0.05) is 17.6 Å². The monoisotopic (exact) mass is 325 g/mol. The van der Waals surface area contributed by atoms with Crippen LogP contribution in [0.2, 0.25) is 0 Å². The zero-order valence-electron chi connectivity index (χ0n) is 8.72. The Kier molecular flexibility index (Phi) is 3.70. The van der Waals surface area contributed by atoms with Crippen LogP contribution in [0.1, 0.15) is 6.92 Å². The summed E-state index contributed by atoms with van der Waals surface area (Å²) in [5, 5.41) is 1.76. The molecule has 1 fully saturated rings. The molecule has 1 aliphatic heterocycles. The maximum Gasteiger partial charge on any atom is 0.253 e. The van der Waals surface area contributed by atoms with Crippen molar-refractivity contribution in [2.75, 3.05) is 19.7 Å². The Bertz CT molecular complexity index is 471. The number of rotatable bonds is 2. The Morgan fingerprint density at radius 1 is 1.62 bits per heavy atom. The second kappa shape index (κ2) is 4.73. The molecule has 0 bridgehead atoms. The molecule has 0 N–H and O–H groups in total. The summed E-state index contributed by atoms with van der Waals surface area (Å²) < 4.78 is 32.4. The number of morpholine rings is 1. The van der Waals surface area contributed by atoms with Crippen LogP contribution < -0.4 is 0 Å². The van der Waals surface area contributed by atoms with E-state index in [9.17, 15) is 8.42 Å². The highest BCUT2D eigenvalue weighted by atomic mass is 79.9. The Morgan fingerprint density at radius 3 is 2.94 bits per heavy atom. The highest BCUT2D eigenvalue weighted by Crippen LogP contribution is 2.30. The van der Waals surface area contributed by atoms with E-state index >= 15 is 0 Å². The Morgan fingerprint density at radius 2 is 2.38 bits per heavy atom. The van der Waals surface area contributed by atoms with Crippen LogP contribution in [0.4, 0.5) is 0 Å². The number of thiophene rings is 1. The molecule has 1 aromatic rings. The molecule has 7 heteroatoms. The quantitative estimate of drug-likeness (QED) is 0.834. The van der Waals surface area contributed by atoms with Crippen LogP contribution in [0.5, 0.6) is 0 Å². The van der Waals surface area contributed by atoms with Crippen molar-refractivity contribution in [3.8, 4) is 0 Å². The Hall–Kier alpha value is 0.0500. The second-order valence-electron chi connectivity index (χ2n) is 3.60. The van der Waals surface area contributed by atoms with Gasteiger partial charge in [-0.1, -0.05) is 0 Å². The van der Waals surface area contributed by atoms with E-state index < -0.39 is 10.0 Å². The first-order chi connectivity index (χ1) is 7.51. The number of ether oxygens (including phenoxy) is 1. The molecule has 4 nitrogen and oxygen atoms in total. The molecule has 2 heterocycles. The van der Waals surface area contributed by atoms with E-state index in [0.29, 0.717) is 28.4 Å². The van der Waals surface area contributed by atoms with Gasteiger partial charge >= 0.3 is 0 Å². The van der Waals surface area contributed by atoms with E-state index in [1.54, 1.807) is 11.4 Å². The summed E-state index contributed by atoms with van der Waals surface area (Å²) >= 11 is 4.49. The molecule has 1 atom stereocenters. The lowest BCUT2D eigenvalue weighted by Gasteiger charge is -2.29. The van der Waals surface area contributed by atoms with Crippen LogP contribution in [0.25, 0.3) is 0 Å². The van der Waals surface area contributed by atoms with Crippen LogP contribution in [0.15, 0.2) is 20.1 Å². The fourth-order valence-corrected chi connectivity index (χ4v) is 5.53. The van der Waals surface area contributed by atoms with Gasteiger partial charge in [0.05, 0.1) is 12.7 Å². The normalized spacial score (nSPS) is 23.5. The molecule has 0 spiro atoms. The van der Waals surface area contributed by atoms with Crippen LogP contribution in [0, 0.1) is 0 Å². The summed E-state index contributed by atoms with van der Waals surface area (Å²) in [7, 11) is -3.36. The first kappa shape index (κ1) is 12.5. The van der Waals surface area contributed by atoms with Gasteiger partial charge in [-0.3, -0.25) is 0 Å². The molecule has 0 amide bonds. The van der Waals surface area contributed by atoms with Crippen LogP contribution in [0.3, 0.4) is 0 Å². The molecule has 90 valence electrons. The third-order valence-corrected chi connectivity index (χ3v) is 6.87. The van der Waals surface area contributed by atoms with Crippen molar-refractivity contribution in [1.82, 2.24) is 4.31 Å². The summed E-state index contributed by atoms with van der Waals surface area (Å²) in [6.07, 6.45) is -0.0396. The Balaban J connectivity index is 2.29. The molecule has 2 rings (SSSR count). The summed E-state index contributed by atoms with van der Waals surface area (Å²) in [6.45, 7) is 3.19. The van der Waals surface area contributed by atoms with Crippen molar-refractivity contribution in [2.24, 2.45) is 0 Å². The fourth-order valence-electron chi connectivity index (χ4n) is 1.59. The molecular weight excluding hydrogens is 314 g/mol. The van der Waals surface area contributed by atoms with Crippen LogP contribution in [-0.4, -0.2) is 38.5 Å². The van der Waals surface area contributed by atoms with Gasteiger partial charge in [-0.05, 0) is 34.3 Å². The van der Waals surface area contributed by atoms with Crippen molar-refractivity contribution >= 4 is 37.3 Å². The van der Waals surface area contributed by atoms with Crippen molar-refractivity contribution in [1.29, 1.82) is 0 Å². The number of hydrogen-bond acceptors (Lipinski definition) is 4. The smallest absolute Gasteiger partial charge is 0.253 e. The van der Waals surface area contributed by atoms with Crippen LogP contribution >= 0.6 is 27.3 Å². The maximum atomic E-state index is 12.3. The molecule has 1 unspecified atom stereocenters. The van der Waals surface area contributed by atoms with Gasteiger partial charge in [0.1, 0.15) is 4.21 Å². The lowest BCUT2D eigenvalue weighted by Crippen LogP contribution is -2.44. The maximum absolute atomic E-state index is 12.3. The van der Waals surface area contributed by atoms with Crippen molar-refractivity contribution in [2.45, 2.75) is 17.2 Å².